The van der Waals surface area contributed by atoms with Crippen LogP contribution in [0.15, 0.2) is 18.2 Å². The van der Waals surface area contributed by atoms with Crippen molar-refractivity contribution in [3.05, 3.63) is 29.6 Å². The molecule has 1 aliphatic rings. The van der Waals surface area contributed by atoms with Crippen molar-refractivity contribution < 1.29 is 9.90 Å². The zero-order chi connectivity index (χ0) is 14.1. The van der Waals surface area contributed by atoms with E-state index < -0.39 is 5.97 Å². The van der Waals surface area contributed by atoms with E-state index in [1.54, 1.807) is 12.1 Å². The van der Waals surface area contributed by atoms with Crippen molar-refractivity contribution in [3.63, 3.8) is 0 Å². The number of nitrogens with zero attached hydrogens (tertiary/aromatic N) is 2. The molecule has 0 radical (unpaired) electrons. The molecule has 1 saturated carbocycles. The van der Waals surface area contributed by atoms with E-state index in [1.807, 2.05) is 6.07 Å². The first-order valence-corrected chi connectivity index (χ1v) is 7.45. The highest BCUT2D eigenvalue weighted by molar-refractivity contribution is 5.92. The van der Waals surface area contributed by atoms with Crippen LogP contribution in [0.1, 0.15) is 61.3 Å². The van der Waals surface area contributed by atoms with Gasteiger partial charge in [0.15, 0.2) is 0 Å². The van der Waals surface area contributed by atoms with Crippen LogP contribution in [-0.2, 0) is 6.42 Å². The second-order valence-corrected chi connectivity index (χ2v) is 5.59. The van der Waals surface area contributed by atoms with Gasteiger partial charge in [0.1, 0.15) is 5.82 Å². The van der Waals surface area contributed by atoms with Gasteiger partial charge in [-0.2, -0.15) is 0 Å². The van der Waals surface area contributed by atoms with Crippen molar-refractivity contribution in [2.75, 3.05) is 0 Å². The quantitative estimate of drug-likeness (QED) is 0.921. The predicted molar refractivity (Wildman–Crippen MR) is 78.2 cm³/mol. The third-order valence-corrected chi connectivity index (χ3v) is 4.17. The second kappa shape index (κ2) is 5.27. The van der Waals surface area contributed by atoms with E-state index in [4.69, 9.17) is 4.98 Å². The number of rotatable bonds is 4. The van der Waals surface area contributed by atoms with Crippen LogP contribution in [0.3, 0.4) is 0 Å². The molecular weight excluding hydrogens is 252 g/mol. The van der Waals surface area contributed by atoms with E-state index in [0.29, 0.717) is 11.6 Å². The van der Waals surface area contributed by atoms with Gasteiger partial charge in [-0.25, -0.2) is 9.78 Å². The van der Waals surface area contributed by atoms with Crippen LogP contribution in [0, 0.1) is 0 Å². The molecule has 20 heavy (non-hydrogen) atoms. The van der Waals surface area contributed by atoms with Crippen LogP contribution in [0.5, 0.6) is 0 Å². The molecule has 0 amide bonds. The van der Waals surface area contributed by atoms with Gasteiger partial charge in [-0.1, -0.05) is 19.8 Å². The SMILES string of the molecule is CCCc1nc2ccc(C(=O)O)cc2n1C1CCCC1. The predicted octanol–water partition coefficient (Wildman–Crippen LogP) is 3.80. The number of carboxylic acid groups (broad SMARTS) is 1. The molecule has 0 bridgehead atoms. The van der Waals surface area contributed by atoms with Gasteiger partial charge in [-0.05, 0) is 37.5 Å². The van der Waals surface area contributed by atoms with Crippen molar-refractivity contribution in [3.8, 4) is 0 Å². The molecule has 2 aromatic rings. The Morgan fingerprint density at radius 1 is 1.40 bits per heavy atom. The van der Waals surface area contributed by atoms with Crippen LogP contribution in [0.2, 0.25) is 0 Å². The number of aryl methyl sites for hydroxylation is 1. The van der Waals surface area contributed by atoms with Gasteiger partial charge in [-0.15, -0.1) is 0 Å². The molecule has 1 aromatic heterocycles. The summed E-state index contributed by atoms with van der Waals surface area (Å²) in [5.41, 5.74) is 2.25. The summed E-state index contributed by atoms with van der Waals surface area (Å²) >= 11 is 0. The highest BCUT2D eigenvalue weighted by Crippen LogP contribution is 2.34. The molecule has 1 N–H and O–H groups in total. The van der Waals surface area contributed by atoms with E-state index in [9.17, 15) is 9.90 Å². The minimum Gasteiger partial charge on any atom is -0.478 e. The van der Waals surface area contributed by atoms with E-state index >= 15 is 0 Å². The summed E-state index contributed by atoms with van der Waals surface area (Å²) in [4.78, 5) is 15.9. The smallest absolute Gasteiger partial charge is 0.335 e. The molecule has 1 aromatic carbocycles. The van der Waals surface area contributed by atoms with E-state index in [1.165, 1.54) is 25.7 Å². The number of imidazole rings is 1. The standard InChI is InChI=1S/C16H20N2O2/c1-2-5-15-17-13-9-8-11(16(19)20)10-14(13)18(15)12-6-3-4-7-12/h8-10,12H,2-7H2,1H3,(H,19,20). The average Bonchev–Trinajstić information content (AvgIpc) is 3.04. The Morgan fingerprint density at radius 3 is 2.80 bits per heavy atom. The molecular formula is C16H20N2O2. The summed E-state index contributed by atoms with van der Waals surface area (Å²) in [6, 6.07) is 5.75. The highest BCUT2D eigenvalue weighted by Gasteiger charge is 2.22. The number of hydrogen-bond donors (Lipinski definition) is 1. The van der Waals surface area contributed by atoms with Crippen molar-refractivity contribution in [1.29, 1.82) is 0 Å². The Kier molecular flexibility index (Phi) is 3.47. The van der Waals surface area contributed by atoms with Crippen LogP contribution >= 0.6 is 0 Å². The molecule has 3 rings (SSSR count). The Bertz CT molecular complexity index is 639. The molecule has 0 aliphatic heterocycles. The number of benzene rings is 1. The summed E-state index contributed by atoms with van der Waals surface area (Å²) in [5.74, 6) is 0.236. The number of fused-ring (bicyclic) bond motifs is 1. The molecule has 0 atom stereocenters. The molecule has 1 fully saturated rings. The van der Waals surface area contributed by atoms with Gasteiger partial charge < -0.3 is 9.67 Å². The van der Waals surface area contributed by atoms with Gasteiger partial charge in [0, 0.05) is 12.5 Å². The van der Waals surface area contributed by atoms with Gasteiger partial charge in [0.25, 0.3) is 0 Å². The summed E-state index contributed by atoms with van der Waals surface area (Å²) in [7, 11) is 0. The third kappa shape index (κ3) is 2.19. The largest absolute Gasteiger partial charge is 0.478 e. The zero-order valence-electron chi connectivity index (χ0n) is 11.8. The minimum atomic E-state index is -0.872. The fourth-order valence-corrected chi connectivity index (χ4v) is 3.25. The van der Waals surface area contributed by atoms with Gasteiger partial charge in [0.2, 0.25) is 0 Å². The van der Waals surface area contributed by atoms with Gasteiger partial charge in [-0.3, -0.25) is 0 Å². The molecule has 106 valence electrons. The van der Waals surface area contributed by atoms with E-state index in [2.05, 4.69) is 11.5 Å². The lowest BCUT2D eigenvalue weighted by atomic mass is 10.1. The van der Waals surface area contributed by atoms with Crippen LogP contribution in [0.4, 0.5) is 0 Å². The lowest BCUT2D eigenvalue weighted by Gasteiger charge is -2.16. The fourth-order valence-electron chi connectivity index (χ4n) is 3.25. The molecule has 1 heterocycles. The summed E-state index contributed by atoms with van der Waals surface area (Å²) in [6.45, 7) is 2.15. The summed E-state index contributed by atoms with van der Waals surface area (Å²) < 4.78 is 2.30. The molecule has 0 unspecified atom stereocenters. The van der Waals surface area contributed by atoms with Crippen molar-refractivity contribution in [2.45, 2.75) is 51.5 Å². The van der Waals surface area contributed by atoms with Gasteiger partial charge in [0.05, 0.1) is 16.6 Å². The number of hydrogen-bond acceptors (Lipinski definition) is 2. The first kappa shape index (κ1) is 13.2. The van der Waals surface area contributed by atoms with E-state index in [-0.39, 0.29) is 0 Å². The second-order valence-electron chi connectivity index (χ2n) is 5.59. The molecule has 1 aliphatic carbocycles. The topological polar surface area (TPSA) is 55.1 Å². The Hall–Kier alpha value is -1.84. The first-order chi connectivity index (χ1) is 9.70. The molecule has 4 nitrogen and oxygen atoms in total. The number of aromatic carboxylic acids is 1. The maximum absolute atomic E-state index is 11.2. The van der Waals surface area contributed by atoms with E-state index in [0.717, 1.165) is 29.7 Å². The number of carbonyl (C=O) groups is 1. The fraction of sp³-hybridized carbons (Fsp3) is 0.500. The normalized spacial score (nSPS) is 16.1. The molecule has 0 spiro atoms. The monoisotopic (exact) mass is 272 g/mol. The van der Waals surface area contributed by atoms with Crippen LogP contribution < -0.4 is 0 Å². The lowest BCUT2D eigenvalue weighted by molar-refractivity contribution is 0.0697. The molecule has 0 saturated heterocycles. The van der Waals surface area contributed by atoms with Crippen molar-refractivity contribution >= 4 is 17.0 Å². The van der Waals surface area contributed by atoms with Crippen LogP contribution in [-0.4, -0.2) is 20.6 Å². The van der Waals surface area contributed by atoms with Crippen molar-refractivity contribution in [1.82, 2.24) is 9.55 Å². The Balaban J connectivity index is 2.17. The summed E-state index contributed by atoms with van der Waals surface area (Å²) in [5, 5.41) is 9.18. The highest BCUT2D eigenvalue weighted by atomic mass is 16.4. The van der Waals surface area contributed by atoms with Crippen LogP contribution in [0.25, 0.3) is 11.0 Å². The maximum atomic E-state index is 11.2. The maximum Gasteiger partial charge on any atom is 0.335 e. The first-order valence-electron chi connectivity index (χ1n) is 7.45. The minimum absolute atomic E-state index is 0.347. The summed E-state index contributed by atoms with van der Waals surface area (Å²) in [6.07, 6.45) is 6.89. The molecule has 4 heteroatoms. The lowest BCUT2D eigenvalue weighted by Crippen LogP contribution is -2.09. The number of aromatic nitrogens is 2. The Labute approximate surface area is 118 Å². The Morgan fingerprint density at radius 2 is 2.15 bits per heavy atom. The average molecular weight is 272 g/mol. The third-order valence-electron chi connectivity index (χ3n) is 4.17. The van der Waals surface area contributed by atoms with Gasteiger partial charge >= 0.3 is 5.97 Å². The number of carboxylic acids is 1. The zero-order valence-corrected chi connectivity index (χ0v) is 11.8. The van der Waals surface area contributed by atoms with Crippen molar-refractivity contribution in [2.24, 2.45) is 0 Å².